The number of rotatable bonds is 54. The van der Waals surface area contributed by atoms with E-state index in [0.717, 1.165) is 57.8 Å². The van der Waals surface area contributed by atoms with Gasteiger partial charge in [-0.15, -0.1) is 0 Å². The van der Waals surface area contributed by atoms with Crippen molar-refractivity contribution in [3.8, 4) is 0 Å². The van der Waals surface area contributed by atoms with Crippen LogP contribution in [0.25, 0.3) is 0 Å². The average molecular weight is 998 g/mol. The smallest absolute Gasteiger partial charge is 0.328 e. The summed E-state index contributed by atoms with van der Waals surface area (Å²) in [6, 6.07) is -3.95. The molecule has 0 fully saturated rings. The monoisotopic (exact) mass is 997 g/mol. The molecule has 4 atom stereocenters. The Morgan fingerprint density at radius 2 is 0.768 bits per heavy atom. The van der Waals surface area contributed by atoms with Gasteiger partial charge in [-0.25, -0.2) is 4.79 Å². The maximum absolute atomic E-state index is 14.2. The average Bonchev–Trinajstić information content (AvgIpc) is 3.34. The Hall–Kier alpha value is -2.18. The topological polar surface area (TPSA) is 168 Å². The first-order valence-corrected chi connectivity index (χ1v) is 29.7. The lowest BCUT2D eigenvalue weighted by Crippen LogP contribution is -2.59. The number of carboxylic acid groups (broad SMARTS) is 1. The van der Waals surface area contributed by atoms with Gasteiger partial charge in [0.15, 0.2) is 11.9 Å². The number of carbonyl (C=O) groups excluding carboxylic acids is 4. The molecule has 11 nitrogen and oxygen atoms in total. The molecule has 0 rings (SSSR count). The Bertz CT molecular complexity index is 1220. The number of aliphatic hydroxyl groups excluding tert-OH is 1. The fourth-order valence-corrected chi connectivity index (χ4v) is 9.28. The van der Waals surface area contributed by atoms with Gasteiger partial charge in [0.25, 0.3) is 0 Å². The van der Waals surface area contributed by atoms with E-state index in [9.17, 15) is 34.2 Å². The van der Waals surface area contributed by atoms with E-state index >= 15 is 0 Å². The summed E-state index contributed by atoms with van der Waals surface area (Å²) in [5.41, 5.74) is 0. The Labute approximate surface area is 428 Å². The van der Waals surface area contributed by atoms with Gasteiger partial charge >= 0.3 is 17.9 Å². The number of ether oxygens (including phenoxy) is 2. The van der Waals surface area contributed by atoms with Crippen LogP contribution >= 0.6 is 12.6 Å². The number of carbonyl (C=O) groups is 5. The summed E-state index contributed by atoms with van der Waals surface area (Å²) in [5.74, 6) is -3.54. The Balaban J connectivity index is 5.58. The summed E-state index contributed by atoms with van der Waals surface area (Å²) in [5, 5.41) is 24.4. The highest BCUT2D eigenvalue weighted by Gasteiger charge is 2.36. The van der Waals surface area contributed by atoms with Crippen LogP contribution < -0.4 is 10.6 Å². The molecule has 1 amide bonds. The van der Waals surface area contributed by atoms with Crippen LogP contribution in [0.2, 0.25) is 0 Å². The van der Waals surface area contributed by atoms with Crippen LogP contribution in [0.5, 0.6) is 0 Å². The van der Waals surface area contributed by atoms with E-state index < -0.39 is 54.7 Å². The molecule has 0 spiro atoms. The summed E-state index contributed by atoms with van der Waals surface area (Å²) >= 11 is 4.36. The highest BCUT2D eigenvalue weighted by atomic mass is 32.1. The fourth-order valence-electron chi connectivity index (χ4n) is 9.01. The number of esters is 2. The molecule has 2 unspecified atom stereocenters. The third kappa shape index (κ3) is 42.1. The van der Waals surface area contributed by atoms with Gasteiger partial charge in [0, 0.05) is 25.0 Å². The SMILES string of the molecule is CCCCCCCCCCCCCCCC(=O)OC[C@H](OC(=O)CCCCCCCCCCCCCCC)C(N[C@H](CS)C(=O)NC(CO)C(=O)O)C(=O)CCCCCCCCCCCCCCC. The Morgan fingerprint density at radius 1 is 0.449 bits per heavy atom. The van der Waals surface area contributed by atoms with Gasteiger partial charge in [-0.05, 0) is 19.3 Å². The molecule has 0 radical (unpaired) electrons. The minimum Gasteiger partial charge on any atom is -0.480 e. The van der Waals surface area contributed by atoms with Crippen molar-refractivity contribution in [1.82, 2.24) is 10.6 Å². The second-order valence-electron chi connectivity index (χ2n) is 20.1. The van der Waals surface area contributed by atoms with Gasteiger partial charge in [-0.2, -0.15) is 12.6 Å². The predicted molar refractivity (Wildman–Crippen MR) is 288 cm³/mol. The van der Waals surface area contributed by atoms with Crippen molar-refractivity contribution in [2.45, 2.75) is 315 Å². The van der Waals surface area contributed by atoms with Crippen molar-refractivity contribution in [2.24, 2.45) is 0 Å². The number of thiol groups is 1. The molecule has 4 N–H and O–H groups in total. The molecule has 0 heterocycles. The second kappa shape index (κ2) is 50.7. The third-order valence-electron chi connectivity index (χ3n) is 13.6. The van der Waals surface area contributed by atoms with Crippen LogP contribution in [0.4, 0.5) is 0 Å². The predicted octanol–water partition coefficient (Wildman–Crippen LogP) is 14.3. The molecule has 0 saturated heterocycles. The van der Waals surface area contributed by atoms with E-state index in [4.69, 9.17) is 9.47 Å². The van der Waals surface area contributed by atoms with Crippen molar-refractivity contribution >= 4 is 42.2 Å². The number of Topliss-reactive ketones (excluding diaryl/α,β-unsaturated/α-hetero) is 1. The lowest BCUT2D eigenvalue weighted by molar-refractivity contribution is -0.162. The quantitative estimate of drug-likeness (QED) is 0.0225. The van der Waals surface area contributed by atoms with Crippen LogP contribution in [-0.2, 0) is 33.4 Å². The lowest BCUT2D eigenvalue weighted by atomic mass is 9.98. The second-order valence-corrected chi connectivity index (χ2v) is 20.5. The summed E-state index contributed by atoms with van der Waals surface area (Å²) in [6.45, 7) is 5.54. The largest absolute Gasteiger partial charge is 0.480 e. The van der Waals surface area contributed by atoms with Gasteiger partial charge in [-0.1, -0.05) is 252 Å². The molecule has 69 heavy (non-hydrogen) atoms. The number of aliphatic carboxylic acids is 1. The normalized spacial score (nSPS) is 13.2. The van der Waals surface area contributed by atoms with Gasteiger partial charge < -0.3 is 25.0 Å². The summed E-state index contributed by atoms with van der Waals surface area (Å²) in [7, 11) is 0. The standard InChI is InChI=1S/C57H108N2O9S/c1-4-7-10-13-16-19-22-25-28-31-34-37-40-43-51(61)55(58-50(48-69)56(64)59-49(46-60)57(65)66)52(68-54(63)45-42-39-36-33-30-27-24-21-18-15-12-9-6-3)47-67-53(62)44-41-38-35-32-29-26-23-20-17-14-11-8-5-2/h49-50,52,55,58,60,69H,4-48H2,1-3H3,(H,59,64)(H,65,66)/t49?,50-,52+,55?/m1/s1. The van der Waals surface area contributed by atoms with E-state index in [0.29, 0.717) is 19.3 Å². The van der Waals surface area contributed by atoms with Gasteiger partial charge in [0.1, 0.15) is 18.7 Å². The fraction of sp³-hybridized carbons (Fsp3) is 0.912. The highest BCUT2D eigenvalue weighted by molar-refractivity contribution is 7.80. The van der Waals surface area contributed by atoms with E-state index in [-0.39, 0.29) is 37.4 Å². The van der Waals surface area contributed by atoms with Crippen molar-refractivity contribution in [1.29, 1.82) is 0 Å². The summed E-state index contributed by atoms with van der Waals surface area (Å²) < 4.78 is 11.7. The number of carboxylic acids is 1. The first kappa shape index (κ1) is 66.8. The molecule has 406 valence electrons. The maximum Gasteiger partial charge on any atom is 0.328 e. The van der Waals surface area contributed by atoms with Crippen molar-refractivity contribution in [2.75, 3.05) is 19.0 Å². The number of nitrogens with one attached hydrogen (secondary N) is 2. The first-order chi connectivity index (χ1) is 33.6. The van der Waals surface area contributed by atoms with Crippen LogP contribution in [-0.4, -0.2) is 83.0 Å². The van der Waals surface area contributed by atoms with E-state index in [1.54, 1.807) is 0 Å². The van der Waals surface area contributed by atoms with Crippen molar-refractivity contribution in [3.63, 3.8) is 0 Å². The molecule has 0 aromatic carbocycles. The first-order valence-electron chi connectivity index (χ1n) is 29.0. The Morgan fingerprint density at radius 3 is 1.09 bits per heavy atom. The molecular formula is C57H108N2O9S. The van der Waals surface area contributed by atoms with Crippen molar-refractivity contribution in [3.05, 3.63) is 0 Å². The van der Waals surface area contributed by atoms with Gasteiger partial charge in [0.05, 0.1) is 12.6 Å². The number of amides is 1. The summed E-state index contributed by atoms with van der Waals surface area (Å²) in [6.07, 6.45) is 45.0. The Kier molecular flexibility index (Phi) is 49.1. The lowest BCUT2D eigenvalue weighted by Gasteiger charge is -2.30. The highest BCUT2D eigenvalue weighted by Crippen LogP contribution is 2.19. The molecule has 0 aliphatic carbocycles. The summed E-state index contributed by atoms with van der Waals surface area (Å²) in [4.78, 5) is 65.8. The van der Waals surface area contributed by atoms with Crippen LogP contribution in [0.15, 0.2) is 0 Å². The zero-order valence-corrected chi connectivity index (χ0v) is 45.7. The maximum atomic E-state index is 14.2. The van der Waals surface area contributed by atoms with E-state index in [1.807, 2.05) is 0 Å². The third-order valence-corrected chi connectivity index (χ3v) is 13.9. The van der Waals surface area contributed by atoms with Crippen LogP contribution in [0.3, 0.4) is 0 Å². The molecule has 0 aromatic heterocycles. The molecule has 0 aliphatic rings. The van der Waals surface area contributed by atoms with Gasteiger partial charge in [-0.3, -0.25) is 24.5 Å². The van der Waals surface area contributed by atoms with E-state index in [2.05, 4.69) is 44.0 Å². The van der Waals surface area contributed by atoms with Crippen LogP contribution in [0.1, 0.15) is 290 Å². The number of hydrogen-bond donors (Lipinski definition) is 5. The number of aliphatic hydroxyl groups is 1. The molecule has 12 heteroatoms. The zero-order valence-electron chi connectivity index (χ0n) is 44.8. The molecule has 0 aromatic rings. The zero-order chi connectivity index (χ0) is 50.8. The number of unbranched alkanes of at least 4 members (excludes halogenated alkanes) is 36. The molecule has 0 bridgehead atoms. The van der Waals surface area contributed by atoms with Gasteiger partial charge in [0.2, 0.25) is 5.91 Å². The molecule has 0 aliphatic heterocycles. The number of hydrogen-bond acceptors (Lipinski definition) is 10. The minimum atomic E-state index is -1.55. The van der Waals surface area contributed by atoms with Crippen LogP contribution in [0, 0.1) is 0 Å². The molecule has 0 saturated carbocycles. The minimum absolute atomic E-state index is 0.120. The van der Waals surface area contributed by atoms with Crippen molar-refractivity contribution < 1.29 is 43.7 Å². The van der Waals surface area contributed by atoms with E-state index in [1.165, 1.54) is 173 Å². The number of ketones is 1. The molecular weight excluding hydrogens is 889 g/mol.